The van der Waals surface area contributed by atoms with Crippen LogP contribution in [-0.4, -0.2) is 21.5 Å². The minimum Gasteiger partial charge on any atom is -0.308 e. The number of aromatic nitrogens is 1. The third-order valence-corrected chi connectivity index (χ3v) is 8.33. The Hall–Kier alpha value is -3.75. The molecule has 0 bridgehead atoms. The van der Waals surface area contributed by atoms with Gasteiger partial charge in [-0.05, 0) is 93.2 Å². The van der Waals surface area contributed by atoms with Crippen molar-refractivity contribution in [2.75, 3.05) is 4.90 Å². The van der Waals surface area contributed by atoms with Gasteiger partial charge in [-0.2, -0.15) is 18.4 Å². The molecule has 5 rings (SSSR count). The summed E-state index contributed by atoms with van der Waals surface area (Å²) in [5, 5.41) is 12.8. The maximum atomic E-state index is 13.4. The number of thiocarbonyl (C=S) groups is 1. The van der Waals surface area contributed by atoms with E-state index < -0.39 is 23.6 Å². The molecule has 1 aliphatic carbocycles. The molecule has 1 N–H and O–H groups in total. The van der Waals surface area contributed by atoms with Gasteiger partial charge in [0.1, 0.15) is 16.6 Å². The van der Waals surface area contributed by atoms with Crippen molar-refractivity contribution in [3.05, 3.63) is 74.4 Å². The van der Waals surface area contributed by atoms with E-state index in [1.807, 2.05) is 24.5 Å². The van der Waals surface area contributed by atoms with Crippen molar-refractivity contribution in [2.24, 2.45) is 0 Å². The standard InChI is InChI=1S/C27H21F3N4O2S2/c1-14-10-16(15(2)33(14)25-21(13-31)19-8-3-4-9-22(19)38-25)11-20-23(35)32-26(37)34(24(20)36)18-7-5-6-17(12-18)27(28,29)30/h5-7,10-12H,3-4,8-9H2,1-2H3,(H,32,35,37)/b20-11+. The van der Waals surface area contributed by atoms with Crippen molar-refractivity contribution in [1.82, 2.24) is 9.88 Å². The van der Waals surface area contributed by atoms with E-state index >= 15 is 0 Å². The van der Waals surface area contributed by atoms with Crippen LogP contribution in [0.2, 0.25) is 0 Å². The maximum Gasteiger partial charge on any atom is 0.416 e. The molecule has 194 valence electrons. The molecule has 2 aliphatic rings. The third kappa shape index (κ3) is 4.33. The summed E-state index contributed by atoms with van der Waals surface area (Å²) in [6.45, 7) is 3.71. The number of benzene rings is 1. The number of alkyl halides is 3. The number of fused-ring (bicyclic) bond motifs is 1. The zero-order valence-corrected chi connectivity index (χ0v) is 22.0. The summed E-state index contributed by atoms with van der Waals surface area (Å²) >= 11 is 6.72. The molecule has 2 amide bonds. The molecule has 1 fully saturated rings. The molecule has 0 radical (unpaired) electrons. The van der Waals surface area contributed by atoms with Crippen molar-refractivity contribution in [3.8, 4) is 11.1 Å². The monoisotopic (exact) mass is 554 g/mol. The fourth-order valence-electron chi connectivity index (χ4n) is 4.94. The predicted octanol–water partition coefficient (Wildman–Crippen LogP) is 5.76. The number of nitrogens with one attached hydrogen (secondary N) is 1. The van der Waals surface area contributed by atoms with Crippen LogP contribution in [0.25, 0.3) is 11.1 Å². The number of carbonyl (C=O) groups is 2. The highest BCUT2D eigenvalue weighted by Crippen LogP contribution is 2.39. The van der Waals surface area contributed by atoms with E-state index in [4.69, 9.17) is 12.2 Å². The van der Waals surface area contributed by atoms with Crippen molar-refractivity contribution >= 4 is 52.2 Å². The van der Waals surface area contributed by atoms with E-state index in [-0.39, 0.29) is 16.4 Å². The van der Waals surface area contributed by atoms with Gasteiger partial charge >= 0.3 is 6.18 Å². The fourth-order valence-corrected chi connectivity index (χ4v) is 6.67. The van der Waals surface area contributed by atoms with Gasteiger partial charge in [-0.3, -0.25) is 19.8 Å². The van der Waals surface area contributed by atoms with Crippen LogP contribution in [0.15, 0.2) is 35.9 Å². The molecular formula is C27H21F3N4O2S2. The lowest BCUT2D eigenvalue weighted by Gasteiger charge is -2.29. The molecule has 0 spiro atoms. The average molecular weight is 555 g/mol. The molecule has 3 heterocycles. The Morgan fingerprint density at radius 1 is 1.16 bits per heavy atom. The Labute approximate surface area is 226 Å². The maximum absolute atomic E-state index is 13.4. The number of amides is 2. The Morgan fingerprint density at radius 3 is 2.61 bits per heavy atom. The van der Waals surface area contributed by atoms with Crippen molar-refractivity contribution in [3.63, 3.8) is 0 Å². The number of nitriles is 1. The summed E-state index contributed by atoms with van der Waals surface area (Å²) in [7, 11) is 0. The van der Waals surface area contributed by atoms with E-state index in [0.29, 0.717) is 11.1 Å². The SMILES string of the molecule is Cc1cc(/C=C2\C(=O)NC(=S)N(c3cccc(C(F)(F)F)c3)C2=O)c(C)n1-c1sc2c(c1C#N)CCCC2. The first kappa shape index (κ1) is 25.9. The second kappa shape index (κ2) is 9.53. The average Bonchev–Trinajstić information content (AvgIpc) is 3.36. The summed E-state index contributed by atoms with van der Waals surface area (Å²) in [6, 6.07) is 8.37. The van der Waals surface area contributed by atoms with Gasteiger partial charge in [0.05, 0.1) is 16.8 Å². The first-order valence-electron chi connectivity index (χ1n) is 11.8. The normalized spacial score (nSPS) is 17.0. The number of hydrogen-bond donors (Lipinski definition) is 1. The zero-order valence-electron chi connectivity index (χ0n) is 20.4. The lowest BCUT2D eigenvalue weighted by Crippen LogP contribution is -2.54. The van der Waals surface area contributed by atoms with E-state index in [1.165, 1.54) is 23.1 Å². The van der Waals surface area contributed by atoms with Crippen LogP contribution in [0.4, 0.5) is 18.9 Å². The van der Waals surface area contributed by atoms with Gasteiger partial charge in [-0.1, -0.05) is 6.07 Å². The molecule has 0 saturated carbocycles. The smallest absolute Gasteiger partial charge is 0.308 e. The number of rotatable bonds is 3. The van der Waals surface area contributed by atoms with Crippen LogP contribution in [0.1, 0.15) is 51.4 Å². The molecule has 1 aromatic carbocycles. The second-order valence-corrected chi connectivity index (χ2v) is 10.6. The quantitative estimate of drug-likeness (QED) is 0.254. The number of carbonyl (C=O) groups excluding carboxylic acids is 2. The van der Waals surface area contributed by atoms with Crippen LogP contribution >= 0.6 is 23.6 Å². The van der Waals surface area contributed by atoms with Crippen LogP contribution in [0.3, 0.4) is 0 Å². The van der Waals surface area contributed by atoms with Crippen molar-refractivity contribution in [2.45, 2.75) is 45.7 Å². The van der Waals surface area contributed by atoms with Crippen LogP contribution in [-0.2, 0) is 28.6 Å². The lowest BCUT2D eigenvalue weighted by atomic mass is 9.96. The van der Waals surface area contributed by atoms with Crippen LogP contribution < -0.4 is 10.2 Å². The van der Waals surface area contributed by atoms with Gasteiger partial charge < -0.3 is 4.57 Å². The Balaban J connectivity index is 1.56. The summed E-state index contributed by atoms with van der Waals surface area (Å²) in [5.41, 5.74) is 2.56. The number of anilines is 1. The second-order valence-electron chi connectivity index (χ2n) is 9.17. The molecule has 3 aromatic rings. The van der Waals surface area contributed by atoms with Crippen LogP contribution in [0, 0.1) is 25.2 Å². The van der Waals surface area contributed by atoms with E-state index in [0.717, 1.165) is 64.7 Å². The van der Waals surface area contributed by atoms with Crippen molar-refractivity contribution in [1.29, 1.82) is 5.26 Å². The van der Waals surface area contributed by atoms with Gasteiger partial charge in [0.15, 0.2) is 5.11 Å². The topological polar surface area (TPSA) is 78.1 Å². The van der Waals surface area contributed by atoms with Gasteiger partial charge in [-0.25, -0.2) is 0 Å². The molecule has 1 aliphatic heterocycles. The Morgan fingerprint density at radius 2 is 1.89 bits per heavy atom. The number of aryl methyl sites for hydroxylation is 2. The Kier molecular flexibility index (Phi) is 6.49. The summed E-state index contributed by atoms with van der Waals surface area (Å²) in [4.78, 5) is 28.3. The zero-order chi connectivity index (χ0) is 27.4. The van der Waals surface area contributed by atoms with Gasteiger partial charge in [0.25, 0.3) is 11.8 Å². The molecular weight excluding hydrogens is 533 g/mol. The molecule has 38 heavy (non-hydrogen) atoms. The highest BCUT2D eigenvalue weighted by Gasteiger charge is 2.37. The molecule has 11 heteroatoms. The lowest BCUT2D eigenvalue weighted by molar-refractivity contribution is -0.137. The number of halogens is 3. The highest BCUT2D eigenvalue weighted by atomic mass is 32.1. The molecule has 6 nitrogen and oxygen atoms in total. The minimum absolute atomic E-state index is 0.103. The summed E-state index contributed by atoms with van der Waals surface area (Å²) in [6.07, 6.45) is 0.730. The number of nitrogens with zero attached hydrogens (tertiary/aromatic N) is 3. The van der Waals surface area contributed by atoms with Gasteiger partial charge in [0, 0.05) is 16.3 Å². The van der Waals surface area contributed by atoms with Gasteiger partial charge in [-0.15, -0.1) is 11.3 Å². The predicted molar refractivity (Wildman–Crippen MR) is 142 cm³/mol. The highest BCUT2D eigenvalue weighted by molar-refractivity contribution is 7.80. The minimum atomic E-state index is -4.61. The third-order valence-electron chi connectivity index (χ3n) is 6.77. The summed E-state index contributed by atoms with van der Waals surface area (Å²) < 4.78 is 41.8. The molecule has 0 atom stereocenters. The largest absolute Gasteiger partial charge is 0.416 e. The number of thiophene rings is 1. The summed E-state index contributed by atoms with van der Waals surface area (Å²) in [5.74, 6) is -1.57. The molecule has 2 aromatic heterocycles. The first-order valence-corrected chi connectivity index (χ1v) is 13.1. The fraction of sp³-hybridized carbons (Fsp3) is 0.259. The van der Waals surface area contributed by atoms with Crippen molar-refractivity contribution < 1.29 is 22.8 Å². The van der Waals surface area contributed by atoms with E-state index in [2.05, 4.69) is 11.4 Å². The molecule has 0 unspecified atom stereocenters. The molecule has 1 saturated heterocycles. The van der Waals surface area contributed by atoms with Gasteiger partial charge in [0.2, 0.25) is 0 Å². The number of hydrogen-bond acceptors (Lipinski definition) is 5. The van der Waals surface area contributed by atoms with Crippen LogP contribution in [0.5, 0.6) is 0 Å². The van der Waals surface area contributed by atoms with E-state index in [9.17, 15) is 28.0 Å². The van der Waals surface area contributed by atoms with E-state index in [1.54, 1.807) is 11.3 Å². The Bertz CT molecular complexity index is 1590. The first-order chi connectivity index (χ1) is 18.0.